The molecule has 0 aliphatic heterocycles. The minimum Gasteiger partial charge on any atom is -0.327 e. The topological polar surface area (TPSA) is 26.0 Å². The first-order valence-electron chi connectivity index (χ1n) is 4.18. The van der Waals surface area contributed by atoms with Gasteiger partial charge >= 0.3 is 0 Å². The summed E-state index contributed by atoms with van der Waals surface area (Å²) in [7, 11) is 0. The van der Waals surface area contributed by atoms with Gasteiger partial charge in [-0.3, -0.25) is 0 Å². The molecular weight excluding hydrogens is 122 g/mol. The molecule has 10 heavy (non-hydrogen) atoms. The highest BCUT2D eigenvalue weighted by atomic mass is 14.6. The predicted molar refractivity (Wildman–Crippen MR) is 44.7 cm³/mol. The van der Waals surface area contributed by atoms with Gasteiger partial charge in [0.15, 0.2) is 0 Å². The lowest BCUT2D eigenvalue weighted by Crippen LogP contribution is -2.32. The fraction of sp³-hybridized carbons (Fsp3) is 0.778. The van der Waals surface area contributed by atoms with Crippen LogP contribution in [0.2, 0.25) is 0 Å². The van der Waals surface area contributed by atoms with Crippen LogP contribution >= 0.6 is 0 Å². The number of nitrogens with two attached hydrogens (primary N) is 1. The van der Waals surface area contributed by atoms with Gasteiger partial charge in [0.2, 0.25) is 0 Å². The summed E-state index contributed by atoms with van der Waals surface area (Å²) in [6.45, 7) is 4.42. The van der Waals surface area contributed by atoms with Crippen molar-refractivity contribution in [1.29, 1.82) is 0 Å². The van der Waals surface area contributed by atoms with Crippen molar-refractivity contribution in [2.75, 3.05) is 0 Å². The molecule has 0 saturated carbocycles. The standard InChI is InChI=1S/C9H17N/c1-3-8-5-4-7(2)6-9(8)10/h4-5,7-9H,3,6,10H2,1-2H3. The molecule has 3 unspecified atom stereocenters. The van der Waals surface area contributed by atoms with Crippen molar-refractivity contribution in [3.63, 3.8) is 0 Å². The Bertz CT molecular complexity index is 129. The van der Waals surface area contributed by atoms with E-state index in [9.17, 15) is 0 Å². The molecule has 2 N–H and O–H groups in total. The van der Waals surface area contributed by atoms with E-state index in [-0.39, 0.29) is 0 Å². The van der Waals surface area contributed by atoms with Crippen LogP contribution in [0.15, 0.2) is 12.2 Å². The molecule has 1 aliphatic carbocycles. The number of allylic oxidation sites excluding steroid dienone is 1. The lowest BCUT2D eigenvalue weighted by Gasteiger charge is -2.26. The van der Waals surface area contributed by atoms with Gasteiger partial charge in [0.1, 0.15) is 0 Å². The average Bonchev–Trinajstić information content (AvgIpc) is 1.88. The van der Waals surface area contributed by atoms with Gasteiger partial charge in [0.05, 0.1) is 0 Å². The zero-order chi connectivity index (χ0) is 7.56. The third kappa shape index (κ3) is 1.60. The summed E-state index contributed by atoms with van der Waals surface area (Å²) in [6, 6.07) is 0.407. The van der Waals surface area contributed by atoms with Crippen molar-refractivity contribution < 1.29 is 0 Å². The van der Waals surface area contributed by atoms with Gasteiger partial charge in [-0.05, 0) is 24.7 Å². The quantitative estimate of drug-likeness (QED) is 0.552. The maximum Gasteiger partial charge on any atom is 0.0107 e. The molecule has 0 bridgehead atoms. The van der Waals surface area contributed by atoms with E-state index in [0.717, 1.165) is 6.42 Å². The molecule has 1 aliphatic rings. The third-order valence-corrected chi connectivity index (χ3v) is 2.35. The van der Waals surface area contributed by atoms with E-state index in [1.807, 2.05) is 0 Å². The highest BCUT2D eigenvalue weighted by molar-refractivity contribution is 5.01. The summed E-state index contributed by atoms with van der Waals surface area (Å²) < 4.78 is 0. The Morgan fingerprint density at radius 2 is 2.20 bits per heavy atom. The Morgan fingerprint density at radius 3 is 2.70 bits per heavy atom. The SMILES string of the molecule is CCC1C=CC(C)CC1N. The first-order valence-corrected chi connectivity index (χ1v) is 4.18. The fourth-order valence-electron chi connectivity index (χ4n) is 1.60. The van der Waals surface area contributed by atoms with E-state index in [1.165, 1.54) is 6.42 Å². The van der Waals surface area contributed by atoms with Gasteiger partial charge in [-0.2, -0.15) is 0 Å². The van der Waals surface area contributed by atoms with Gasteiger partial charge in [0, 0.05) is 6.04 Å². The smallest absolute Gasteiger partial charge is 0.0107 e. The monoisotopic (exact) mass is 139 g/mol. The van der Waals surface area contributed by atoms with Crippen LogP contribution in [0.4, 0.5) is 0 Å². The second-order valence-electron chi connectivity index (χ2n) is 3.33. The lowest BCUT2D eigenvalue weighted by atomic mass is 9.84. The molecule has 3 atom stereocenters. The van der Waals surface area contributed by atoms with Crippen LogP contribution in [0.5, 0.6) is 0 Å². The Morgan fingerprint density at radius 1 is 1.50 bits per heavy atom. The van der Waals surface area contributed by atoms with Crippen molar-refractivity contribution in [3.05, 3.63) is 12.2 Å². The van der Waals surface area contributed by atoms with Crippen LogP contribution in [0, 0.1) is 11.8 Å². The second kappa shape index (κ2) is 3.20. The number of hydrogen-bond acceptors (Lipinski definition) is 1. The van der Waals surface area contributed by atoms with Gasteiger partial charge < -0.3 is 5.73 Å². The molecule has 58 valence electrons. The molecule has 1 rings (SSSR count). The highest BCUT2D eigenvalue weighted by Gasteiger charge is 2.18. The molecule has 0 spiro atoms. The molecular formula is C9H17N. The molecule has 1 nitrogen and oxygen atoms in total. The second-order valence-corrected chi connectivity index (χ2v) is 3.33. The van der Waals surface area contributed by atoms with Crippen LogP contribution in [-0.4, -0.2) is 6.04 Å². The van der Waals surface area contributed by atoms with E-state index in [1.54, 1.807) is 0 Å². The third-order valence-electron chi connectivity index (χ3n) is 2.35. The fourth-order valence-corrected chi connectivity index (χ4v) is 1.60. The molecule has 0 aromatic rings. The molecule has 0 fully saturated rings. The summed E-state index contributed by atoms with van der Waals surface area (Å²) in [6.07, 6.45) is 6.91. The number of rotatable bonds is 1. The Hall–Kier alpha value is -0.300. The Labute approximate surface area is 63.3 Å². The van der Waals surface area contributed by atoms with Crippen molar-refractivity contribution in [2.24, 2.45) is 17.6 Å². The van der Waals surface area contributed by atoms with Crippen LogP contribution in [0.1, 0.15) is 26.7 Å². The minimum absolute atomic E-state index is 0.407. The maximum atomic E-state index is 5.93. The summed E-state index contributed by atoms with van der Waals surface area (Å²) in [5, 5.41) is 0. The maximum absolute atomic E-state index is 5.93. The van der Waals surface area contributed by atoms with E-state index < -0.39 is 0 Å². The Balaban J connectivity index is 2.53. The molecule has 1 heteroatoms. The molecule has 0 aromatic carbocycles. The van der Waals surface area contributed by atoms with Crippen LogP contribution < -0.4 is 5.73 Å². The largest absolute Gasteiger partial charge is 0.327 e. The lowest BCUT2D eigenvalue weighted by molar-refractivity contribution is 0.398. The van der Waals surface area contributed by atoms with Crippen LogP contribution in [-0.2, 0) is 0 Å². The summed E-state index contributed by atoms with van der Waals surface area (Å²) in [5.74, 6) is 1.33. The van der Waals surface area contributed by atoms with Gasteiger partial charge in [-0.1, -0.05) is 26.0 Å². The first-order chi connectivity index (χ1) is 4.74. The highest BCUT2D eigenvalue weighted by Crippen LogP contribution is 2.22. The zero-order valence-electron chi connectivity index (χ0n) is 6.88. The Kier molecular flexibility index (Phi) is 2.50. The molecule has 0 heterocycles. The van der Waals surface area contributed by atoms with Gasteiger partial charge in [-0.25, -0.2) is 0 Å². The average molecular weight is 139 g/mol. The van der Waals surface area contributed by atoms with E-state index >= 15 is 0 Å². The van der Waals surface area contributed by atoms with Crippen LogP contribution in [0.3, 0.4) is 0 Å². The molecule has 0 aromatic heterocycles. The predicted octanol–water partition coefficient (Wildman–Crippen LogP) is 1.94. The molecule has 0 saturated heterocycles. The van der Waals surface area contributed by atoms with Crippen molar-refractivity contribution >= 4 is 0 Å². The molecule has 0 amide bonds. The van der Waals surface area contributed by atoms with Gasteiger partial charge in [-0.15, -0.1) is 0 Å². The van der Waals surface area contributed by atoms with E-state index in [4.69, 9.17) is 5.73 Å². The van der Waals surface area contributed by atoms with Crippen molar-refractivity contribution in [3.8, 4) is 0 Å². The number of hydrogen-bond donors (Lipinski definition) is 1. The normalized spacial score (nSPS) is 40.1. The minimum atomic E-state index is 0.407. The van der Waals surface area contributed by atoms with E-state index in [0.29, 0.717) is 17.9 Å². The summed E-state index contributed by atoms with van der Waals surface area (Å²) in [4.78, 5) is 0. The zero-order valence-corrected chi connectivity index (χ0v) is 6.88. The van der Waals surface area contributed by atoms with Gasteiger partial charge in [0.25, 0.3) is 0 Å². The van der Waals surface area contributed by atoms with E-state index in [2.05, 4.69) is 26.0 Å². The van der Waals surface area contributed by atoms with Crippen molar-refractivity contribution in [2.45, 2.75) is 32.7 Å². The molecule has 0 radical (unpaired) electrons. The van der Waals surface area contributed by atoms with Crippen LogP contribution in [0.25, 0.3) is 0 Å². The summed E-state index contributed by atoms with van der Waals surface area (Å²) in [5.41, 5.74) is 5.93. The van der Waals surface area contributed by atoms with Crippen molar-refractivity contribution in [1.82, 2.24) is 0 Å². The first kappa shape index (κ1) is 7.80. The summed E-state index contributed by atoms with van der Waals surface area (Å²) >= 11 is 0.